The first-order valence-electron chi connectivity index (χ1n) is 6.63. The van der Waals surface area contributed by atoms with Crippen LogP contribution in [-0.2, 0) is 13.1 Å². The summed E-state index contributed by atoms with van der Waals surface area (Å²) in [6.07, 6.45) is 3.24. The molecule has 98 valence electrons. The van der Waals surface area contributed by atoms with Crippen molar-refractivity contribution in [3.05, 3.63) is 53.3 Å². The standard InChI is InChI=1S/C16H19N3/c1-3-8-19-9-4-5-15(19)12-18-16-10-14(11-17)7-6-13(16)2/h4-7,9-10,18H,3,8,12H2,1-2H3. The van der Waals surface area contributed by atoms with Gasteiger partial charge in [-0.05, 0) is 43.2 Å². The van der Waals surface area contributed by atoms with Crippen LogP contribution < -0.4 is 5.32 Å². The number of rotatable bonds is 5. The zero-order valence-electron chi connectivity index (χ0n) is 11.5. The Kier molecular flexibility index (Phi) is 4.25. The SMILES string of the molecule is CCCn1cccc1CNc1cc(C#N)ccc1C. The van der Waals surface area contributed by atoms with E-state index in [0.29, 0.717) is 5.56 Å². The minimum absolute atomic E-state index is 0.692. The van der Waals surface area contributed by atoms with Crippen LogP contribution in [0.4, 0.5) is 5.69 Å². The highest BCUT2D eigenvalue weighted by Crippen LogP contribution is 2.17. The van der Waals surface area contributed by atoms with Gasteiger partial charge in [-0.2, -0.15) is 5.26 Å². The summed E-state index contributed by atoms with van der Waals surface area (Å²) in [7, 11) is 0. The first-order chi connectivity index (χ1) is 9.24. The Balaban J connectivity index is 2.10. The molecule has 0 amide bonds. The highest BCUT2D eigenvalue weighted by molar-refractivity contribution is 5.55. The van der Waals surface area contributed by atoms with E-state index in [-0.39, 0.29) is 0 Å². The highest BCUT2D eigenvalue weighted by atomic mass is 15.0. The van der Waals surface area contributed by atoms with E-state index in [1.807, 2.05) is 18.2 Å². The zero-order valence-corrected chi connectivity index (χ0v) is 11.5. The van der Waals surface area contributed by atoms with Crippen molar-refractivity contribution in [2.75, 3.05) is 5.32 Å². The molecule has 3 heteroatoms. The van der Waals surface area contributed by atoms with Crippen molar-refractivity contribution in [3.8, 4) is 6.07 Å². The van der Waals surface area contributed by atoms with Gasteiger partial charge in [-0.3, -0.25) is 0 Å². The molecule has 0 aliphatic heterocycles. The van der Waals surface area contributed by atoms with Gasteiger partial charge < -0.3 is 9.88 Å². The molecular weight excluding hydrogens is 234 g/mol. The number of nitrogens with one attached hydrogen (secondary N) is 1. The number of anilines is 1. The lowest BCUT2D eigenvalue weighted by Gasteiger charge is -2.12. The predicted molar refractivity (Wildman–Crippen MR) is 77.9 cm³/mol. The molecule has 19 heavy (non-hydrogen) atoms. The molecule has 0 spiro atoms. The van der Waals surface area contributed by atoms with Crippen LogP contribution in [0.3, 0.4) is 0 Å². The fraction of sp³-hybridized carbons (Fsp3) is 0.312. The molecule has 2 rings (SSSR count). The quantitative estimate of drug-likeness (QED) is 0.882. The van der Waals surface area contributed by atoms with E-state index >= 15 is 0 Å². The lowest BCUT2D eigenvalue weighted by molar-refractivity contribution is 0.654. The van der Waals surface area contributed by atoms with Gasteiger partial charge in [-0.25, -0.2) is 0 Å². The summed E-state index contributed by atoms with van der Waals surface area (Å²) in [5.74, 6) is 0. The molecule has 0 atom stereocenters. The van der Waals surface area contributed by atoms with Gasteiger partial charge in [-0.1, -0.05) is 13.0 Å². The van der Waals surface area contributed by atoms with Crippen LogP contribution in [0.15, 0.2) is 36.5 Å². The first kappa shape index (κ1) is 13.2. The second-order valence-corrected chi connectivity index (χ2v) is 4.69. The van der Waals surface area contributed by atoms with Crippen LogP contribution >= 0.6 is 0 Å². The van der Waals surface area contributed by atoms with E-state index in [1.54, 1.807) is 0 Å². The van der Waals surface area contributed by atoms with E-state index in [0.717, 1.165) is 30.8 Å². The Morgan fingerprint density at radius 2 is 2.16 bits per heavy atom. The van der Waals surface area contributed by atoms with E-state index in [4.69, 9.17) is 5.26 Å². The Bertz CT molecular complexity index is 590. The third kappa shape index (κ3) is 3.17. The molecule has 0 aliphatic rings. The molecule has 2 aromatic rings. The second kappa shape index (κ2) is 6.10. The van der Waals surface area contributed by atoms with Gasteiger partial charge >= 0.3 is 0 Å². The van der Waals surface area contributed by atoms with Gasteiger partial charge in [0.1, 0.15) is 0 Å². The molecule has 3 nitrogen and oxygen atoms in total. The summed E-state index contributed by atoms with van der Waals surface area (Å²) in [5, 5.41) is 12.4. The molecule has 0 saturated carbocycles. The van der Waals surface area contributed by atoms with Crippen LogP contribution in [0.5, 0.6) is 0 Å². The minimum atomic E-state index is 0.692. The molecule has 1 aromatic heterocycles. The summed E-state index contributed by atoms with van der Waals surface area (Å²) in [6, 6.07) is 12.1. The Morgan fingerprint density at radius 3 is 2.89 bits per heavy atom. The fourth-order valence-electron chi connectivity index (χ4n) is 2.14. The van der Waals surface area contributed by atoms with Crippen molar-refractivity contribution in [3.63, 3.8) is 0 Å². The maximum absolute atomic E-state index is 8.94. The van der Waals surface area contributed by atoms with E-state index in [9.17, 15) is 0 Å². The highest BCUT2D eigenvalue weighted by Gasteiger charge is 2.03. The first-order valence-corrected chi connectivity index (χ1v) is 6.63. The monoisotopic (exact) mass is 253 g/mol. The lowest BCUT2D eigenvalue weighted by atomic mass is 10.1. The van der Waals surface area contributed by atoms with Crippen LogP contribution in [-0.4, -0.2) is 4.57 Å². The normalized spacial score (nSPS) is 10.2. The van der Waals surface area contributed by atoms with Crippen LogP contribution in [0.25, 0.3) is 0 Å². The van der Waals surface area contributed by atoms with Crippen molar-refractivity contribution in [2.24, 2.45) is 0 Å². The Morgan fingerprint density at radius 1 is 1.32 bits per heavy atom. The van der Waals surface area contributed by atoms with Gasteiger partial charge in [0.15, 0.2) is 0 Å². The molecular formula is C16H19N3. The predicted octanol–water partition coefficient (Wildman–Crippen LogP) is 3.69. The number of hydrogen-bond donors (Lipinski definition) is 1. The average molecular weight is 253 g/mol. The van der Waals surface area contributed by atoms with Gasteiger partial charge in [0.05, 0.1) is 18.2 Å². The smallest absolute Gasteiger partial charge is 0.0992 e. The van der Waals surface area contributed by atoms with Crippen molar-refractivity contribution in [1.82, 2.24) is 4.57 Å². The van der Waals surface area contributed by atoms with Crippen molar-refractivity contribution in [1.29, 1.82) is 5.26 Å². The van der Waals surface area contributed by atoms with Crippen molar-refractivity contribution >= 4 is 5.69 Å². The molecule has 1 aromatic carbocycles. The Hall–Kier alpha value is -2.21. The maximum atomic E-state index is 8.94. The van der Waals surface area contributed by atoms with Crippen LogP contribution in [0, 0.1) is 18.3 Å². The number of aromatic nitrogens is 1. The maximum Gasteiger partial charge on any atom is 0.0992 e. The summed E-state index contributed by atoms with van der Waals surface area (Å²) < 4.78 is 2.26. The number of hydrogen-bond acceptors (Lipinski definition) is 2. The van der Waals surface area contributed by atoms with E-state index in [1.165, 1.54) is 5.69 Å². The molecule has 0 saturated heterocycles. The molecule has 0 aliphatic carbocycles. The van der Waals surface area contributed by atoms with Gasteiger partial charge in [0.2, 0.25) is 0 Å². The van der Waals surface area contributed by atoms with Crippen molar-refractivity contribution in [2.45, 2.75) is 33.4 Å². The van der Waals surface area contributed by atoms with Gasteiger partial charge in [-0.15, -0.1) is 0 Å². The number of nitriles is 1. The van der Waals surface area contributed by atoms with Crippen molar-refractivity contribution < 1.29 is 0 Å². The number of aryl methyl sites for hydroxylation is 2. The van der Waals surface area contributed by atoms with Crippen LogP contribution in [0.1, 0.15) is 30.2 Å². The van der Waals surface area contributed by atoms with Gasteiger partial charge in [0, 0.05) is 24.1 Å². The minimum Gasteiger partial charge on any atom is -0.379 e. The topological polar surface area (TPSA) is 40.8 Å². The molecule has 0 bridgehead atoms. The van der Waals surface area contributed by atoms with E-state index < -0.39 is 0 Å². The molecule has 0 radical (unpaired) electrons. The third-order valence-corrected chi connectivity index (χ3v) is 3.21. The second-order valence-electron chi connectivity index (χ2n) is 4.69. The zero-order chi connectivity index (χ0) is 13.7. The average Bonchev–Trinajstić information content (AvgIpc) is 2.86. The molecule has 0 unspecified atom stereocenters. The van der Waals surface area contributed by atoms with Crippen LogP contribution in [0.2, 0.25) is 0 Å². The molecule has 1 N–H and O–H groups in total. The summed E-state index contributed by atoms with van der Waals surface area (Å²) in [6.45, 7) is 6.05. The molecule has 1 heterocycles. The summed E-state index contributed by atoms with van der Waals surface area (Å²) in [4.78, 5) is 0. The molecule has 0 fully saturated rings. The number of nitrogens with zero attached hydrogens (tertiary/aromatic N) is 2. The summed E-state index contributed by atoms with van der Waals surface area (Å²) in [5.41, 5.74) is 4.15. The Labute approximate surface area is 114 Å². The summed E-state index contributed by atoms with van der Waals surface area (Å²) >= 11 is 0. The third-order valence-electron chi connectivity index (χ3n) is 3.21. The largest absolute Gasteiger partial charge is 0.379 e. The fourth-order valence-corrected chi connectivity index (χ4v) is 2.14. The van der Waals surface area contributed by atoms with E-state index in [2.05, 4.69) is 48.1 Å². The lowest BCUT2D eigenvalue weighted by Crippen LogP contribution is -2.07. The van der Waals surface area contributed by atoms with Gasteiger partial charge in [0.25, 0.3) is 0 Å². The number of benzene rings is 1.